The zero-order valence-corrected chi connectivity index (χ0v) is 10.8. The molecule has 1 aromatic rings. The molecule has 2 fully saturated rings. The molecule has 1 saturated heterocycles. The van der Waals surface area contributed by atoms with Crippen LogP contribution in [0.15, 0.2) is 10.9 Å². The van der Waals surface area contributed by atoms with Gasteiger partial charge in [-0.1, -0.05) is 24.4 Å². The summed E-state index contributed by atoms with van der Waals surface area (Å²) >= 11 is 0. The van der Waals surface area contributed by atoms with Gasteiger partial charge in [-0.3, -0.25) is 4.90 Å². The quantitative estimate of drug-likeness (QED) is 0.879. The zero-order chi connectivity index (χ0) is 12.2. The van der Waals surface area contributed by atoms with Crippen LogP contribution in [0.25, 0.3) is 0 Å². The summed E-state index contributed by atoms with van der Waals surface area (Å²) in [6.45, 7) is 4.11. The van der Waals surface area contributed by atoms with Gasteiger partial charge in [-0.2, -0.15) is 4.98 Å². The second-order valence-corrected chi connectivity index (χ2v) is 5.54. The van der Waals surface area contributed by atoms with Gasteiger partial charge in [0.2, 0.25) is 6.39 Å². The van der Waals surface area contributed by atoms with Crippen LogP contribution in [0.2, 0.25) is 0 Å². The summed E-state index contributed by atoms with van der Waals surface area (Å²) in [7, 11) is 0. The molecule has 100 valence electrons. The van der Waals surface area contributed by atoms with Crippen LogP contribution in [0, 0.1) is 5.92 Å². The molecule has 2 heterocycles. The van der Waals surface area contributed by atoms with Gasteiger partial charge in [0.05, 0.1) is 6.54 Å². The van der Waals surface area contributed by atoms with E-state index < -0.39 is 0 Å². The van der Waals surface area contributed by atoms with Crippen molar-refractivity contribution in [3.8, 4) is 0 Å². The Morgan fingerprint density at radius 1 is 1.33 bits per heavy atom. The second kappa shape index (κ2) is 5.80. The summed E-state index contributed by atoms with van der Waals surface area (Å²) < 4.78 is 4.80. The maximum absolute atomic E-state index is 4.80. The fourth-order valence-electron chi connectivity index (χ4n) is 3.30. The molecule has 2 aliphatic rings. The smallest absolute Gasteiger partial charge is 0.213 e. The molecule has 1 saturated carbocycles. The molecule has 1 aromatic heterocycles. The fourth-order valence-corrected chi connectivity index (χ4v) is 3.30. The molecule has 5 nitrogen and oxygen atoms in total. The number of aromatic nitrogens is 2. The van der Waals surface area contributed by atoms with Crippen molar-refractivity contribution in [2.24, 2.45) is 5.92 Å². The van der Waals surface area contributed by atoms with E-state index in [0.717, 1.165) is 37.9 Å². The molecule has 0 radical (unpaired) electrons. The average molecular weight is 250 g/mol. The predicted octanol–water partition coefficient (Wildman–Crippen LogP) is 1.42. The minimum atomic E-state index is 0.658. The summed E-state index contributed by atoms with van der Waals surface area (Å²) in [4.78, 5) is 6.55. The van der Waals surface area contributed by atoms with E-state index in [1.165, 1.54) is 38.5 Å². The molecule has 3 rings (SSSR count). The van der Waals surface area contributed by atoms with Gasteiger partial charge >= 0.3 is 0 Å². The lowest BCUT2D eigenvalue weighted by Crippen LogP contribution is -2.53. The van der Waals surface area contributed by atoms with Crippen LogP contribution < -0.4 is 5.32 Å². The molecule has 1 aliphatic heterocycles. The molecule has 1 aliphatic carbocycles. The number of nitrogens with one attached hydrogen (secondary N) is 1. The number of hydrogen-bond acceptors (Lipinski definition) is 5. The van der Waals surface area contributed by atoms with E-state index in [4.69, 9.17) is 4.52 Å². The summed E-state index contributed by atoms with van der Waals surface area (Å²) in [5.41, 5.74) is 0. The van der Waals surface area contributed by atoms with Gasteiger partial charge in [0.25, 0.3) is 0 Å². The first-order valence-electron chi connectivity index (χ1n) is 7.13. The number of hydrogen-bond donors (Lipinski definition) is 1. The highest BCUT2D eigenvalue weighted by Gasteiger charge is 2.28. The average Bonchev–Trinajstić information content (AvgIpc) is 2.93. The van der Waals surface area contributed by atoms with Crippen molar-refractivity contribution in [1.29, 1.82) is 0 Å². The van der Waals surface area contributed by atoms with Gasteiger partial charge in [-0.05, 0) is 18.8 Å². The van der Waals surface area contributed by atoms with E-state index in [2.05, 4.69) is 20.4 Å². The third-order valence-corrected chi connectivity index (χ3v) is 4.28. The SMILES string of the molecule is c1nc(CN2CCNC(C3CCCCC3)C2)no1. The fraction of sp³-hybridized carbons (Fsp3) is 0.846. The standard InChI is InChI=1S/C13H22N4O/c1-2-4-11(5-3-1)12-8-17(7-6-14-12)9-13-15-10-18-16-13/h10-12,14H,1-9H2. The molecule has 0 spiro atoms. The Morgan fingerprint density at radius 3 is 3.00 bits per heavy atom. The number of piperazine rings is 1. The van der Waals surface area contributed by atoms with E-state index >= 15 is 0 Å². The molecular weight excluding hydrogens is 228 g/mol. The molecule has 1 atom stereocenters. The molecule has 0 bridgehead atoms. The van der Waals surface area contributed by atoms with E-state index in [1.807, 2.05) is 0 Å². The number of nitrogens with zero attached hydrogens (tertiary/aromatic N) is 3. The van der Waals surface area contributed by atoms with Gasteiger partial charge in [-0.15, -0.1) is 0 Å². The molecular formula is C13H22N4O. The van der Waals surface area contributed by atoms with Gasteiger partial charge in [0.1, 0.15) is 0 Å². The van der Waals surface area contributed by atoms with Crippen molar-refractivity contribution in [2.45, 2.75) is 44.7 Å². The van der Waals surface area contributed by atoms with Gasteiger partial charge in [0, 0.05) is 25.7 Å². The minimum absolute atomic E-state index is 0.658. The Morgan fingerprint density at radius 2 is 2.22 bits per heavy atom. The Bertz CT molecular complexity index is 348. The summed E-state index contributed by atoms with van der Waals surface area (Å²) in [5.74, 6) is 1.67. The lowest BCUT2D eigenvalue weighted by Gasteiger charge is -2.38. The summed E-state index contributed by atoms with van der Waals surface area (Å²) in [5, 5.41) is 7.59. The second-order valence-electron chi connectivity index (χ2n) is 5.54. The van der Waals surface area contributed by atoms with Crippen LogP contribution in [0.1, 0.15) is 37.9 Å². The molecule has 1 unspecified atom stereocenters. The lowest BCUT2D eigenvalue weighted by atomic mass is 9.83. The van der Waals surface area contributed by atoms with Gasteiger partial charge in [-0.25, -0.2) is 0 Å². The van der Waals surface area contributed by atoms with Crippen molar-refractivity contribution in [3.05, 3.63) is 12.2 Å². The van der Waals surface area contributed by atoms with Crippen LogP contribution >= 0.6 is 0 Å². The normalized spacial score (nSPS) is 27.4. The Labute approximate surface area is 108 Å². The first kappa shape index (κ1) is 12.1. The highest BCUT2D eigenvalue weighted by atomic mass is 16.5. The molecule has 5 heteroatoms. The largest absolute Gasteiger partial charge is 0.343 e. The van der Waals surface area contributed by atoms with E-state index in [1.54, 1.807) is 0 Å². The highest BCUT2D eigenvalue weighted by molar-refractivity contribution is 4.88. The van der Waals surface area contributed by atoms with Crippen molar-refractivity contribution < 1.29 is 4.52 Å². The maximum atomic E-state index is 4.80. The predicted molar refractivity (Wildman–Crippen MR) is 67.9 cm³/mol. The van der Waals surface area contributed by atoms with Crippen LogP contribution in [0.5, 0.6) is 0 Å². The lowest BCUT2D eigenvalue weighted by molar-refractivity contribution is 0.137. The molecule has 0 aromatic carbocycles. The van der Waals surface area contributed by atoms with Crippen molar-refractivity contribution in [1.82, 2.24) is 20.4 Å². The van der Waals surface area contributed by atoms with E-state index in [9.17, 15) is 0 Å². The minimum Gasteiger partial charge on any atom is -0.343 e. The van der Waals surface area contributed by atoms with Crippen molar-refractivity contribution in [2.75, 3.05) is 19.6 Å². The Balaban J connectivity index is 1.54. The summed E-state index contributed by atoms with van der Waals surface area (Å²) in [6.07, 6.45) is 8.45. The van der Waals surface area contributed by atoms with E-state index in [-0.39, 0.29) is 0 Å². The van der Waals surface area contributed by atoms with Crippen molar-refractivity contribution in [3.63, 3.8) is 0 Å². The topological polar surface area (TPSA) is 54.2 Å². The van der Waals surface area contributed by atoms with Gasteiger partial charge < -0.3 is 9.84 Å². The summed E-state index contributed by atoms with van der Waals surface area (Å²) in [6, 6.07) is 0.658. The third-order valence-electron chi connectivity index (χ3n) is 4.28. The van der Waals surface area contributed by atoms with Crippen LogP contribution in [-0.4, -0.2) is 40.7 Å². The Kier molecular flexibility index (Phi) is 3.90. The highest BCUT2D eigenvalue weighted by Crippen LogP contribution is 2.27. The maximum Gasteiger partial charge on any atom is 0.213 e. The zero-order valence-electron chi connectivity index (χ0n) is 10.8. The molecule has 1 N–H and O–H groups in total. The van der Waals surface area contributed by atoms with Gasteiger partial charge in [0.15, 0.2) is 5.82 Å². The van der Waals surface area contributed by atoms with E-state index in [0.29, 0.717) is 6.04 Å². The molecule has 18 heavy (non-hydrogen) atoms. The Hall–Kier alpha value is -0.940. The first-order valence-corrected chi connectivity index (χ1v) is 7.13. The molecule has 0 amide bonds. The van der Waals surface area contributed by atoms with Crippen molar-refractivity contribution >= 4 is 0 Å². The third kappa shape index (κ3) is 2.90. The monoisotopic (exact) mass is 250 g/mol. The van der Waals surface area contributed by atoms with Crippen LogP contribution in [0.3, 0.4) is 0 Å². The van der Waals surface area contributed by atoms with Crippen LogP contribution in [-0.2, 0) is 6.54 Å². The number of rotatable bonds is 3. The first-order chi connectivity index (χ1) is 8.92. The van der Waals surface area contributed by atoms with Crippen LogP contribution in [0.4, 0.5) is 0 Å².